The molecule has 0 radical (unpaired) electrons. The summed E-state index contributed by atoms with van der Waals surface area (Å²) in [6.45, 7) is 3.11. The largest absolute Gasteiger partial charge is 0.364 e. The molecule has 0 unspecified atom stereocenters. The molecule has 0 aliphatic carbocycles. The number of hydrogen-bond donors (Lipinski definition) is 2. The molecule has 3 aromatic carbocycles. The van der Waals surface area contributed by atoms with Crippen molar-refractivity contribution in [1.29, 1.82) is 0 Å². The van der Waals surface area contributed by atoms with Gasteiger partial charge in [0, 0.05) is 43.4 Å². The zero-order valence-corrected chi connectivity index (χ0v) is 22.9. The van der Waals surface area contributed by atoms with Gasteiger partial charge in [-0.05, 0) is 35.4 Å². The summed E-state index contributed by atoms with van der Waals surface area (Å²) >= 11 is 6.40. The Bertz CT molecular complexity index is 1670. The molecule has 1 aliphatic heterocycles. The number of carbonyl (C=O) groups is 1. The molecular formula is C30H28ClFN8O. The highest BCUT2D eigenvalue weighted by atomic mass is 35.5. The van der Waals surface area contributed by atoms with E-state index in [1.54, 1.807) is 23.4 Å². The van der Waals surface area contributed by atoms with E-state index in [4.69, 9.17) is 21.6 Å². The molecule has 2 N–H and O–H groups in total. The maximum absolute atomic E-state index is 13.5. The fourth-order valence-corrected chi connectivity index (χ4v) is 4.99. The average molecular weight is 571 g/mol. The molecule has 41 heavy (non-hydrogen) atoms. The van der Waals surface area contributed by atoms with E-state index in [0.29, 0.717) is 72.9 Å². The normalized spacial score (nSPS) is 13.4. The Morgan fingerprint density at radius 2 is 1.71 bits per heavy atom. The van der Waals surface area contributed by atoms with Gasteiger partial charge in [0.15, 0.2) is 17.0 Å². The van der Waals surface area contributed by atoms with Gasteiger partial charge >= 0.3 is 6.03 Å². The number of nitrogens with zero attached hydrogens (tertiary/aromatic N) is 6. The van der Waals surface area contributed by atoms with E-state index in [9.17, 15) is 9.18 Å². The van der Waals surface area contributed by atoms with Crippen molar-refractivity contribution in [1.82, 2.24) is 24.4 Å². The molecule has 2 aromatic heterocycles. The van der Waals surface area contributed by atoms with Crippen molar-refractivity contribution in [2.75, 3.05) is 41.7 Å². The average Bonchev–Trinajstić information content (AvgIpc) is 3.40. The van der Waals surface area contributed by atoms with Crippen LogP contribution in [-0.4, -0.2) is 56.6 Å². The summed E-state index contributed by atoms with van der Waals surface area (Å²) in [5.41, 5.74) is 3.89. The molecule has 1 aliphatic rings. The molecule has 5 aromatic rings. The van der Waals surface area contributed by atoms with Crippen LogP contribution in [0.1, 0.15) is 11.1 Å². The molecule has 1 saturated heterocycles. The van der Waals surface area contributed by atoms with Crippen LogP contribution in [0.2, 0.25) is 5.02 Å². The first-order valence-corrected chi connectivity index (χ1v) is 13.7. The van der Waals surface area contributed by atoms with E-state index >= 15 is 0 Å². The van der Waals surface area contributed by atoms with E-state index in [1.807, 2.05) is 47.0 Å². The second-order valence-corrected chi connectivity index (χ2v) is 10.2. The lowest BCUT2D eigenvalue weighted by Crippen LogP contribution is -2.50. The second-order valence-electron chi connectivity index (χ2n) is 9.76. The maximum Gasteiger partial charge on any atom is 0.321 e. The van der Waals surface area contributed by atoms with E-state index in [0.717, 1.165) is 11.1 Å². The Labute approximate surface area is 241 Å². The van der Waals surface area contributed by atoms with Crippen LogP contribution in [0.4, 0.5) is 26.6 Å². The second kappa shape index (κ2) is 11.8. The van der Waals surface area contributed by atoms with Crippen LogP contribution in [0, 0.1) is 5.82 Å². The number of nitrogens with one attached hydrogen (secondary N) is 2. The van der Waals surface area contributed by atoms with Crippen LogP contribution < -0.4 is 15.5 Å². The number of piperazine rings is 1. The van der Waals surface area contributed by atoms with Gasteiger partial charge in [-0.25, -0.2) is 14.2 Å². The van der Waals surface area contributed by atoms with Gasteiger partial charge in [-0.3, -0.25) is 0 Å². The lowest BCUT2D eigenvalue weighted by atomic mass is 10.2. The van der Waals surface area contributed by atoms with Crippen LogP contribution in [-0.2, 0) is 13.1 Å². The van der Waals surface area contributed by atoms with Crippen molar-refractivity contribution < 1.29 is 9.18 Å². The van der Waals surface area contributed by atoms with Gasteiger partial charge in [0.1, 0.15) is 5.82 Å². The van der Waals surface area contributed by atoms with Crippen LogP contribution in [0.15, 0.2) is 85.2 Å². The van der Waals surface area contributed by atoms with Crippen molar-refractivity contribution in [3.63, 3.8) is 0 Å². The first-order chi connectivity index (χ1) is 20.0. The number of urea groups is 1. The Hall–Kier alpha value is -4.70. The zero-order valence-electron chi connectivity index (χ0n) is 22.2. The lowest BCUT2D eigenvalue weighted by molar-refractivity contribution is 0.208. The molecule has 0 spiro atoms. The van der Waals surface area contributed by atoms with Crippen molar-refractivity contribution in [2.45, 2.75) is 13.1 Å². The standard InChI is InChI=1S/C30H28ClFN8O/c31-25-12-5-4-9-22(25)18-33-27-26-28(40(20-34-26)19-21-7-2-1-3-8-21)37-29(36-27)38-13-15-39(16-14-38)30(41)35-24-11-6-10-23(32)17-24/h1-12,17,20H,13-16,18-19H2,(H,35,41)(H,33,36,37). The molecule has 1 fully saturated rings. The van der Waals surface area contributed by atoms with Crippen molar-refractivity contribution >= 4 is 46.2 Å². The van der Waals surface area contributed by atoms with Crippen molar-refractivity contribution in [3.05, 3.63) is 107 Å². The van der Waals surface area contributed by atoms with Crippen LogP contribution in [0.25, 0.3) is 11.2 Å². The summed E-state index contributed by atoms with van der Waals surface area (Å²) in [6, 6.07) is 23.4. The van der Waals surface area contributed by atoms with Crippen LogP contribution in [0.3, 0.4) is 0 Å². The number of carbonyl (C=O) groups excluding carboxylic acids is 1. The molecule has 3 heterocycles. The van der Waals surface area contributed by atoms with Crippen molar-refractivity contribution in [2.24, 2.45) is 0 Å². The summed E-state index contributed by atoms with van der Waals surface area (Å²) in [5, 5.41) is 6.86. The van der Waals surface area contributed by atoms with E-state index in [1.165, 1.54) is 12.1 Å². The molecule has 0 atom stereocenters. The highest BCUT2D eigenvalue weighted by molar-refractivity contribution is 6.31. The van der Waals surface area contributed by atoms with Gasteiger partial charge in [0.05, 0.1) is 12.9 Å². The van der Waals surface area contributed by atoms with Gasteiger partial charge in [-0.1, -0.05) is 66.2 Å². The van der Waals surface area contributed by atoms with Crippen LogP contribution in [0.5, 0.6) is 0 Å². The lowest BCUT2D eigenvalue weighted by Gasteiger charge is -2.34. The minimum atomic E-state index is -0.398. The molecule has 6 rings (SSSR count). The summed E-state index contributed by atoms with van der Waals surface area (Å²) in [5.74, 6) is 0.771. The molecule has 0 saturated carbocycles. The zero-order chi connectivity index (χ0) is 28.2. The minimum absolute atomic E-state index is 0.269. The van der Waals surface area contributed by atoms with E-state index in [2.05, 4.69) is 32.7 Å². The number of rotatable bonds is 7. The number of fused-ring (bicyclic) bond motifs is 1. The highest BCUT2D eigenvalue weighted by Crippen LogP contribution is 2.26. The number of benzene rings is 3. The third-order valence-electron chi connectivity index (χ3n) is 6.98. The third kappa shape index (κ3) is 6.07. The molecule has 11 heteroatoms. The number of halogens is 2. The quantitative estimate of drug-likeness (QED) is 0.263. The third-order valence-corrected chi connectivity index (χ3v) is 7.35. The molecule has 0 bridgehead atoms. The Morgan fingerprint density at radius 1 is 0.927 bits per heavy atom. The van der Waals surface area contributed by atoms with Gasteiger partial charge in [-0.15, -0.1) is 0 Å². The number of imidazole rings is 1. The molecule has 9 nitrogen and oxygen atoms in total. The molecule has 208 valence electrons. The number of aromatic nitrogens is 4. The predicted molar refractivity (Wildman–Crippen MR) is 159 cm³/mol. The minimum Gasteiger partial charge on any atom is -0.364 e. The fourth-order valence-electron chi connectivity index (χ4n) is 4.79. The van der Waals surface area contributed by atoms with Gasteiger partial charge < -0.3 is 25.0 Å². The van der Waals surface area contributed by atoms with Gasteiger partial charge in [0.25, 0.3) is 0 Å². The summed E-state index contributed by atoms with van der Waals surface area (Å²) in [4.78, 5) is 31.0. The van der Waals surface area contributed by atoms with Gasteiger partial charge in [0.2, 0.25) is 5.95 Å². The highest BCUT2D eigenvalue weighted by Gasteiger charge is 2.25. The maximum atomic E-state index is 13.5. The first kappa shape index (κ1) is 26.5. The number of anilines is 3. The summed E-state index contributed by atoms with van der Waals surface area (Å²) in [7, 11) is 0. The summed E-state index contributed by atoms with van der Waals surface area (Å²) in [6.07, 6.45) is 1.78. The Kier molecular flexibility index (Phi) is 7.64. The predicted octanol–water partition coefficient (Wildman–Crippen LogP) is 5.63. The van der Waals surface area contributed by atoms with Crippen LogP contribution >= 0.6 is 11.6 Å². The van der Waals surface area contributed by atoms with Crippen molar-refractivity contribution in [3.8, 4) is 0 Å². The number of amides is 2. The van der Waals surface area contributed by atoms with E-state index < -0.39 is 5.82 Å². The molecular weight excluding hydrogens is 543 g/mol. The van der Waals surface area contributed by atoms with E-state index in [-0.39, 0.29) is 6.03 Å². The Morgan fingerprint density at radius 3 is 2.49 bits per heavy atom. The smallest absolute Gasteiger partial charge is 0.321 e. The first-order valence-electron chi connectivity index (χ1n) is 13.3. The molecule has 2 amide bonds. The SMILES string of the molecule is O=C(Nc1cccc(F)c1)N1CCN(c2nc(NCc3ccccc3Cl)c3ncn(Cc4ccccc4)c3n2)CC1. The number of hydrogen-bond acceptors (Lipinski definition) is 6. The fraction of sp³-hybridized carbons (Fsp3) is 0.200. The monoisotopic (exact) mass is 570 g/mol. The van der Waals surface area contributed by atoms with Gasteiger partial charge in [-0.2, -0.15) is 9.97 Å². The Balaban J connectivity index is 1.23. The topological polar surface area (TPSA) is 91.2 Å². The summed E-state index contributed by atoms with van der Waals surface area (Å²) < 4.78 is 15.6.